The molecule has 0 amide bonds. The molecule has 0 aromatic heterocycles. The van der Waals surface area contributed by atoms with Crippen LogP contribution >= 0.6 is 0 Å². The van der Waals surface area contributed by atoms with Crippen molar-refractivity contribution in [3.8, 4) is 11.5 Å². The fourth-order valence-corrected chi connectivity index (χ4v) is 2.95. The summed E-state index contributed by atoms with van der Waals surface area (Å²) < 4.78 is 11.8. The third-order valence-corrected chi connectivity index (χ3v) is 4.37. The van der Waals surface area contributed by atoms with Crippen LogP contribution in [0.1, 0.15) is 17.5 Å². The topological polar surface area (TPSA) is 18.5 Å². The third kappa shape index (κ3) is 4.68. The average Bonchev–Trinajstić information content (AvgIpc) is 2.74. The molecule has 1 aliphatic carbocycles. The normalized spacial score (nSPS) is 13.5. The van der Waals surface area contributed by atoms with Gasteiger partial charge in [-0.25, -0.2) is 0 Å². The van der Waals surface area contributed by atoms with Crippen molar-refractivity contribution < 1.29 is 9.47 Å². The lowest BCUT2D eigenvalue weighted by Crippen LogP contribution is -2.00. The summed E-state index contributed by atoms with van der Waals surface area (Å²) in [5, 5.41) is 0. The molecule has 0 aliphatic heterocycles. The molecule has 2 heteroatoms. The Balaban J connectivity index is 1.41. The first-order valence-corrected chi connectivity index (χ1v) is 9.12. The SMILES string of the molecule is [CH]1CC=C(Oc2ccccc2)C=C1c1ccc(OCc2ccccc2)cc1. The molecule has 0 atom stereocenters. The highest BCUT2D eigenvalue weighted by Crippen LogP contribution is 2.28. The van der Waals surface area contributed by atoms with Gasteiger partial charge in [0.25, 0.3) is 0 Å². The molecule has 3 aromatic carbocycles. The van der Waals surface area contributed by atoms with Crippen molar-refractivity contribution in [2.75, 3.05) is 0 Å². The largest absolute Gasteiger partial charge is 0.489 e. The van der Waals surface area contributed by atoms with Crippen LogP contribution in [0.5, 0.6) is 11.5 Å². The second kappa shape index (κ2) is 8.41. The maximum Gasteiger partial charge on any atom is 0.127 e. The Hall–Kier alpha value is -3.26. The summed E-state index contributed by atoms with van der Waals surface area (Å²) >= 11 is 0. The second-order valence-electron chi connectivity index (χ2n) is 6.36. The van der Waals surface area contributed by atoms with Gasteiger partial charge in [-0.05, 0) is 66.0 Å². The van der Waals surface area contributed by atoms with E-state index in [4.69, 9.17) is 9.47 Å². The van der Waals surface area contributed by atoms with Crippen LogP contribution in [0.15, 0.2) is 103 Å². The Morgan fingerprint density at radius 3 is 2.15 bits per heavy atom. The molecule has 0 saturated carbocycles. The quantitative estimate of drug-likeness (QED) is 0.524. The molecule has 0 fully saturated rings. The number of para-hydroxylation sites is 1. The minimum absolute atomic E-state index is 0.576. The van der Waals surface area contributed by atoms with Crippen molar-refractivity contribution >= 4 is 5.57 Å². The van der Waals surface area contributed by atoms with Crippen LogP contribution in [0.2, 0.25) is 0 Å². The van der Waals surface area contributed by atoms with E-state index in [-0.39, 0.29) is 0 Å². The summed E-state index contributed by atoms with van der Waals surface area (Å²) in [5.74, 6) is 2.60. The Labute approximate surface area is 160 Å². The van der Waals surface area contributed by atoms with E-state index in [1.807, 2.05) is 60.7 Å². The first-order chi connectivity index (χ1) is 13.4. The first kappa shape index (κ1) is 17.2. The van der Waals surface area contributed by atoms with Gasteiger partial charge in [0.2, 0.25) is 0 Å². The number of benzene rings is 3. The molecule has 4 rings (SSSR count). The van der Waals surface area contributed by atoms with Gasteiger partial charge < -0.3 is 9.47 Å². The van der Waals surface area contributed by atoms with Crippen LogP contribution in [0.4, 0.5) is 0 Å². The predicted octanol–water partition coefficient (Wildman–Crippen LogP) is 6.22. The Morgan fingerprint density at radius 2 is 1.41 bits per heavy atom. The second-order valence-corrected chi connectivity index (χ2v) is 6.36. The van der Waals surface area contributed by atoms with E-state index < -0.39 is 0 Å². The van der Waals surface area contributed by atoms with E-state index in [0.29, 0.717) is 6.61 Å². The fraction of sp³-hybridized carbons (Fsp3) is 0.0800. The van der Waals surface area contributed by atoms with Crippen molar-refractivity contribution in [3.63, 3.8) is 0 Å². The van der Waals surface area contributed by atoms with E-state index in [2.05, 4.69) is 42.8 Å². The zero-order chi connectivity index (χ0) is 18.3. The highest BCUT2D eigenvalue weighted by atomic mass is 16.5. The minimum atomic E-state index is 0.576. The van der Waals surface area contributed by atoms with Crippen LogP contribution in [-0.2, 0) is 6.61 Å². The summed E-state index contributed by atoms with van der Waals surface area (Å²) in [6.07, 6.45) is 7.24. The molecule has 3 aromatic rings. The summed E-state index contributed by atoms with van der Waals surface area (Å²) in [6, 6.07) is 28.3. The lowest BCUT2D eigenvalue weighted by Gasteiger charge is -2.15. The Kier molecular flexibility index (Phi) is 5.35. The molecular weight excluding hydrogens is 332 g/mol. The van der Waals surface area contributed by atoms with E-state index in [1.165, 1.54) is 0 Å². The van der Waals surface area contributed by atoms with Gasteiger partial charge in [0.15, 0.2) is 0 Å². The molecule has 0 bridgehead atoms. The molecule has 27 heavy (non-hydrogen) atoms. The van der Waals surface area contributed by atoms with Gasteiger partial charge in [0, 0.05) is 0 Å². The molecule has 0 saturated heterocycles. The first-order valence-electron chi connectivity index (χ1n) is 9.12. The molecule has 133 valence electrons. The van der Waals surface area contributed by atoms with Gasteiger partial charge in [0.1, 0.15) is 23.9 Å². The van der Waals surface area contributed by atoms with Crippen molar-refractivity contribution in [1.29, 1.82) is 0 Å². The van der Waals surface area contributed by atoms with Gasteiger partial charge in [-0.15, -0.1) is 0 Å². The highest BCUT2D eigenvalue weighted by molar-refractivity contribution is 5.75. The lowest BCUT2D eigenvalue weighted by atomic mass is 9.96. The predicted molar refractivity (Wildman–Crippen MR) is 109 cm³/mol. The molecule has 0 unspecified atom stereocenters. The summed E-state index contributed by atoms with van der Waals surface area (Å²) in [7, 11) is 0. The minimum Gasteiger partial charge on any atom is -0.489 e. The van der Waals surface area contributed by atoms with Crippen LogP contribution in [0, 0.1) is 6.42 Å². The smallest absolute Gasteiger partial charge is 0.127 e. The number of hydrogen-bond donors (Lipinski definition) is 0. The van der Waals surface area contributed by atoms with Crippen molar-refractivity contribution in [3.05, 3.63) is 120 Å². The Bertz CT molecular complexity index is 923. The molecule has 1 radical (unpaired) electrons. The van der Waals surface area contributed by atoms with E-state index >= 15 is 0 Å². The highest BCUT2D eigenvalue weighted by Gasteiger charge is 2.10. The van der Waals surface area contributed by atoms with E-state index in [9.17, 15) is 0 Å². The number of rotatable bonds is 6. The maximum atomic E-state index is 5.96. The third-order valence-electron chi connectivity index (χ3n) is 4.37. The van der Waals surface area contributed by atoms with E-state index in [0.717, 1.165) is 40.4 Å². The molecule has 0 N–H and O–H groups in total. The number of allylic oxidation sites excluding steroid dienone is 3. The van der Waals surface area contributed by atoms with Crippen molar-refractivity contribution in [2.24, 2.45) is 0 Å². The van der Waals surface area contributed by atoms with Gasteiger partial charge in [-0.3, -0.25) is 0 Å². The molecule has 0 heterocycles. The number of hydrogen-bond acceptors (Lipinski definition) is 2. The average molecular weight is 353 g/mol. The lowest BCUT2D eigenvalue weighted by molar-refractivity contribution is 0.306. The maximum absolute atomic E-state index is 5.96. The van der Waals surface area contributed by atoms with Gasteiger partial charge >= 0.3 is 0 Å². The standard InChI is InChI=1S/C25H21O2/c1-3-8-20(9-4-1)19-26-23-16-14-21(15-17-23)22-10-7-13-25(18-22)27-24-11-5-2-6-12-24/h1-6,8-18H,7,19H2. The summed E-state index contributed by atoms with van der Waals surface area (Å²) in [5.41, 5.74) is 3.49. The van der Waals surface area contributed by atoms with Gasteiger partial charge in [-0.1, -0.05) is 60.7 Å². The molecule has 2 nitrogen and oxygen atoms in total. The molecular formula is C25H21O2. The molecule has 1 aliphatic rings. The van der Waals surface area contributed by atoms with Crippen LogP contribution in [0.3, 0.4) is 0 Å². The molecule has 0 spiro atoms. The fourth-order valence-electron chi connectivity index (χ4n) is 2.95. The van der Waals surface area contributed by atoms with Crippen LogP contribution < -0.4 is 9.47 Å². The van der Waals surface area contributed by atoms with Crippen LogP contribution in [0.25, 0.3) is 5.57 Å². The zero-order valence-electron chi connectivity index (χ0n) is 15.0. The van der Waals surface area contributed by atoms with Gasteiger partial charge in [-0.2, -0.15) is 0 Å². The summed E-state index contributed by atoms with van der Waals surface area (Å²) in [4.78, 5) is 0. The zero-order valence-corrected chi connectivity index (χ0v) is 15.0. The van der Waals surface area contributed by atoms with Crippen LogP contribution in [-0.4, -0.2) is 0 Å². The monoisotopic (exact) mass is 353 g/mol. The summed E-state index contributed by atoms with van der Waals surface area (Å²) in [6.45, 7) is 0.576. The number of ether oxygens (including phenoxy) is 2. The van der Waals surface area contributed by atoms with Crippen molar-refractivity contribution in [1.82, 2.24) is 0 Å². The Morgan fingerprint density at radius 1 is 0.704 bits per heavy atom. The van der Waals surface area contributed by atoms with Crippen molar-refractivity contribution in [2.45, 2.75) is 13.0 Å². The van der Waals surface area contributed by atoms with Gasteiger partial charge in [0.05, 0.1) is 0 Å². The van der Waals surface area contributed by atoms with E-state index in [1.54, 1.807) is 0 Å².